The van der Waals surface area contributed by atoms with E-state index in [1.54, 1.807) is 30.3 Å². The van der Waals surface area contributed by atoms with E-state index in [0.717, 1.165) is 61.4 Å². The third kappa shape index (κ3) is 8.64. The number of hydrogen-bond acceptors (Lipinski definition) is 10. The first-order chi connectivity index (χ1) is 23.7. The fourth-order valence-corrected chi connectivity index (χ4v) is 5.86. The number of anilines is 3. The number of likely N-dealkylation sites (N-methyl/N-ethyl adjacent to an activating group) is 1. The summed E-state index contributed by atoms with van der Waals surface area (Å²) in [6.45, 7) is 11.4. The van der Waals surface area contributed by atoms with Crippen LogP contribution in [0.15, 0.2) is 73.3 Å². The second-order valence-electron chi connectivity index (χ2n) is 12.3. The van der Waals surface area contributed by atoms with Gasteiger partial charge >= 0.3 is 6.09 Å². The average Bonchev–Trinajstić information content (AvgIpc) is 3.08. The first-order valence-corrected chi connectivity index (χ1v) is 16.3. The fourth-order valence-electron chi connectivity index (χ4n) is 5.86. The summed E-state index contributed by atoms with van der Waals surface area (Å²) in [6.07, 6.45) is 4.61. The van der Waals surface area contributed by atoms with Gasteiger partial charge in [-0.25, -0.2) is 14.2 Å². The molecule has 11 nitrogen and oxygen atoms in total. The van der Waals surface area contributed by atoms with Crippen molar-refractivity contribution in [3.8, 4) is 23.0 Å². The Kier molecular flexibility index (Phi) is 10.6. The zero-order chi connectivity index (χ0) is 34.3. The van der Waals surface area contributed by atoms with Gasteiger partial charge < -0.3 is 34.1 Å². The molecule has 12 heteroatoms. The van der Waals surface area contributed by atoms with Crippen LogP contribution in [0.1, 0.15) is 28.7 Å². The van der Waals surface area contributed by atoms with E-state index in [-0.39, 0.29) is 24.1 Å². The second-order valence-corrected chi connectivity index (χ2v) is 12.3. The number of rotatable bonds is 11. The molecule has 0 bridgehead atoms. The van der Waals surface area contributed by atoms with Crippen molar-refractivity contribution in [1.29, 1.82) is 0 Å². The van der Waals surface area contributed by atoms with Crippen molar-refractivity contribution in [2.75, 3.05) is 56.6 Å². The Balaban J connectivity index is 1.16. The van der Waals surface area contributed by atoms with Crippen molar-refractivity contribution in [2.45, 2.75) is 33.7 Å². The number of amides is 1. The van der Waals surface area contributed by atoms with Crippen LogP contribution >= 0.6 is 0 Å². The van der Waals surface area contributed by atoms with E-state index in [4.69, 9.17) is 18.9 Å². The zero-order valence-electron chi connectivity index (χ0n) is 28.2. The van der Waals surface area contributed by atoms with Crippen molar-refractivity contribution in [1.82, 2.24) is 19.8 Å². The molecule has 0 spiro atoms. The van der Waals surface area contributed by atoms with Gasteiger partial charge in [-0.1, -0.05) is 23.8 Å². The highest BCUT2D eigenvalue weighted by atomic mass is 19.1. The second kappa shape index (κ2) is 15.3. The minimum absolute atomic E-state index is 0.106. The SMILES string of the molecule is Cc1cc(C)c(OC(=O)N(Cc2ccc3c(c2)OC=CO3)c2ccnc(Nc3ccc(OCCCN4CCN(C)CC4)c(F)c3)n2)c(C)c1. The van der Waals surface area contributed by atoms with E-state index in [9.17, 15) is 4.79 Å². The van der Waals surface area contributed by atoms with Crippen LogP contribution in [0.2, 0.25) is 0 Å². The molecule has 1 amide bonds. The van der Waals surface area contributed by atoms with Gasteiger partial charge in [-0.3, -0.25) is 4.90 Å². The molecular weight excluding hydrogens is 627 g/mol. The van der Waals surface area contributed by atoms with Gasteiger partial charge in [-0.15, -0.1) is 0 Å². The molecule has 1 saturated heterocycles. The van der Waals surface area contributed by atoms with Crippen molar-refractivity contribution in [2.24, 2.45) is 0 Å². The van der Waals surface area contributed by atoms with Crippen LogP contribution in [0.25, 0.3) is 0 Å². The van der Waals surface area contributed by atoms with Crippen LogP contribution in [0.5, 0.6) is 23.0 Å². The number of halogens is 1. The lowest BCUT2D eigenvalue weighted by Gasteiger charge is -2.32. The van der Waals surface area contributed by atoms with E-state index in [0.29, 0.717) is 29.5 Å². The molecule has 2 aliphatic rings. The largest absolute Gasteiger partial charge is 0.490 e. The minimum atomic E-state index is -0.630. The maximum Gasteiger partial charge on any atom is 0.421 e. The lowest BCUT2D eigenvalue weighted by atomic mass is 10.1. The third-order valence-corrected chi connectivity index (χ3v) is 8.39. The van der Waals surface area contributed by atoms with Crippen LogP contribution < -0.4 is 29.2 Å². The van der Waals surface area contributed by atoms with Crippen LogP contribution in [-0.4, -0.2) is 72.2 Å². The normalized spacial score (nSPS) is 14.4. The first kappa shape index (κ1) is 33.7. The molecule has 2 aliphatic heterocycles. The number of nitrogens with zero attached hydrogens (tertiary/aromatic N) is 5. The molecule has 1 N–H and O–H groups in total. The molecule has 3 aromatic carbocycles. The highest BCUT2D eigenvalue weighted by Crippen LogP contribution is 2.33. The molecule has 49 heavy (non-hydrogen) atoms. The Morgan fingerprint density at radius 2 is 1.71 bits per heavy atom. The lowest BCUT2D eigenvalue weighted by molar-refractivity contribution is 0.145. The Labute approximate surface area is 285 Å². The van der Waals surface area contributed by atoms with Crippen LogP contribution in [0.4, 0.5) is 26.6 Å². The van der Waals surface area contributed by atoms with Crippen LogP contribution in [-0.2, 0) is 6.54 Å². The van der Waals surface area contributed by atoms with Crippen molar-refractivity contribution >= 4 is 23.5 Å². The number of fused-ring (bicyclic) bond motifs is 1. The highest BCUT2D eigenvalue weighted by Gasteiger charge is 2.24. The number of carbonyl (C=O) groups is 1. The molecule has 0 radical (unpaired) electrons. The quantitative estimate of drug-likeness (QED) is 0.173. The molecule has 6 rings (SSSR count). The zero-order valence-corrected chi connectivity index (χ0v) is 28.2. The van der Waals surface area contributed by atoms with Gasteiger partial charge in [-0.2, -0.15) is 4.98 Å². The van der Waals surface area contributed by atoms with E-state index >= 15 is 4.39 Å². The van der Waals surface area contributed by atoms with Gasteiger partial charge in [0.25, 0.3) is 0 Å². The standard InChI is InChI=1S/C37H41FN6O5/c1-25-20-26(2)35(27(3)21-25)49-37(45)44(24-28-6-8-32-33(22-28)48-19-18-47-32)34-10-11-39-36(41-34)40-29-7-9-31(30(38)23-29)46-17-5-12-43-15-13-42(4)14-16-43/h6-11,18-23H,5,12-17,24H2,1-4H3,(H,39,40,41). The number of benzene rings is 3. The predicted octanol–water partition coefficient (Wildman–Crippen LogP) is 6.75. The summed E-state index contributed by atoms with van der Waals surface area (Å²) in [6, 6.07) is 15.6. The molecule has 1 fully saturated rings. The Hall–Kier alpha value is -5.20. The maximum atomic E-state index is 15.0. The number of carbonyl (C=O) groups excluding carboxylic acids is 1. The molecule has 1 aromatic heterocycles. The number of nitrogens with one attached hydrogen (secondary N) is 1. The number of aryl methyl sites for hydroxylation is 3. The van der Waals surface area contributed by atoms with E-state index in [2.05, 4.69) is 32.1 Å². The third-order valence-electron chi connectivity index (χ3n) is 8.39. The van der Waals surface area contributed by atoms with Crippen LogP contribution in [0, 0.1) is 26.6 Å². The molecule has 256 valence electrons. The van der Waals surface area contributed by atoms with Gasteiger partial charge in [0, 0.05) is 50.7 Å². The summed E-state index contributed by atoms with van der Waals surface area (Å²) in [4.78, 5) is 28.9. The molecule has 0 unspecified atom stereocenters. The molecule has 0 atom stereocenters. The van der Waals surface area contributed by atoms with Gasteiger partial charge in [0.05, 0.1) is 13.2 Å². The molecule has 4 aromatic rings. The number of hydrogen-bond donors (Lipinski definition) is 1. The monoisotopic (exact) mass is 668 g/mol. The van der Waals surface area contributed by atoms with Gasteiger partial charge in [-0.05, 0) is 81.3 Å². The summed E-state index contributed by atoms with van der Waals surface area (Å²) >= 11 is 0. The van der Waals surface area contributed by atoms with Gasteiger partial charge in [0.15, 0.2) is 23.1 Å². The topological polar surface area (TPSA) is 102 Å². The summed E-state index contributed by atoms with van der Waals surface area (Å²) in [5.74, 6) is 1.71. The molecule has 3 heterocycles. The molecular formula is C37H41FN6O5. The van der Waals surface area contributed by atoms with Crippen molar-refractivity contribution in [3.63, 3.8) is 0 Å². The average molecular weight is 669 g/mol. The fraction of sp³-hybridized carbons (Fsp3) is 0.324. The highest BCUT2D eigenvalue weighted by molar-refractivity contribution is 5.88. The molecule has 0 aliphatic carbocycles. The number of aromatic nitrogens is 2. The minimum Gasteiger partial charge on any atom is -0.490 e. The Bertz CT molecular complexity index is 1800. The van der Waals surface area contributed by atoms with Crippen molar-refractivity contribution < 1.29 is 28.1 Å². The molecule has 0 saturated carbocycles. The number of piperazine rings is 1. The summed E-state index contributed by atoms with van der Waals surface area (Å²) in [5, 5.41) is 3.05. The van der Waals surface area contributed by atoms with Gasteiger partial charge in [0.1, 0.15) is 24.1 Å². The summed E-state index contributed by atoms with van der Waals surface area (Å²) in [5.41, 5.74) is 3.93. The predicted molar refractivity (Wildman–Crippen MR) is 185 cm³/mol. The lowest BCUT2D eigenvalue weighted by Crippen LogP contribution is -2.44. The number of ether oxygens (including phenoxy) is 4. The van der Waals surface area contributed by atoms with Crippen LogP contribution in [0.3, 0.4) is 0 Å². The van der Waals surface area contributed by atoms with Crippen molar-refractivity contribution in [3.05, 3.63) is 101 Å². The maximum absolute atomic E-state index is 15.0. The Morgan fingerprint density at radius 1 is 0.959 bits per heavy atom. The summed E-state index contributed by atoms with van der Waals surface area (Å²) in [7, 11) is 2.13. The smallest absolute Gasteiger partial charge is 0.421 e. The van der Waals surface area contributed by atoms with E-state index in [1.807, 2.05) is 39.0 Å². The van der Waals surface area contributed by atoms with E-state index < -0.39 is 11.9 Å². The Morgan fingerprint density at radius 3 is 2.47 bits per heavy atom. The summed E-state index contributed by atoms with van der Waals surface area (Å²) < 4.78 is 37.8. The first-order valence-electron chi connectivity index (χ1n) is 16.3. The van der Waals surface area contributed by atoms with E-state index in [1.165, 1.54) is 29.7 Å². The van der Waals surface area contributed by atoms with Gasteiger partial charge in [0.2, 0.25) is 5.95 Å².